The Hall–Kier alpha value is -0.320. The summed E-state index contributed by atoms with van der Waals surface area (Å²) in [5.74, 6) is -1.29. The van der Waals surface area contributed by atoms with Crippen molar-refractivity contribution in [2.45, 2.75) is 71.1 Å². The second kappa shape index (κ2) is 13.8. The van der Waals surface area contributed by atoms with Crippen molar-refractivity contribution in [1.82, 2.24) is 4.90 Å². The molecule has 0 unspecified atom stereocenters. The van der Waals surface area contributed by atoms with Crippen LogP contribution in [0.4, 0.5) is 0 Å². The van der Waals surface area contributed by atoms with Gasteiger partial charge in [0.25, 0.3) is 0 Å². The monoisotopic (exact) mass is 394 g/mol. The quantitative estimate of drug-likeness (QED) is 0.182. The molecule has 27 heavy (non-hydrogen) atoms. The maximum absolute atomic E-state index is 10.5. The van der Waals surface area contributed by atoms with Crippen molar-refractivity contribution in [3.63, 3.8) is 0 Å². The third kappa shape index (κ3) is 9.15. The van der Waals surface area contributed by atoms with E-state index in [0.29, 0.717) is 25.9 Å². The molecular formula is C19H42N2O6. The molecule has 0 bridgehead atoms. The second-order valence-electron chi connectivity index (χ2n) is 7.87. The molecule has 0 amide bonds. The van der Waals surface area contributed by atoms with Crippen LogP contribution < -0.4 is 5.73 Å². The highest BCUT2D eigenvalue weighted by Gasteiger charge is 2.31. The third-order valence-corrected chi connectivity index (χ3v) is 5.54. The zero-order chi connectivity index (χ0) is 21.1. The van der Waals surface area contributed by atoms with Crippen molar-refractivity contribution in [3.8, 4) is 0 Å². The van der Waals surface area contributed by atoms with E-state index in [2.05, 4.69) is 0 Å². The first-order valence-electron chi connectivity index (χ1n) is 10.0. The molecule has 0 aromatic rings. The Labute approximate surface area is 163 Å². The molecule has 0 aromatic heterocycles. The van der Waals surface area contributed by atoms with Gasteiger partial charge < -0.3 is 36.4 Å². The van der Waals surface area contributed by atoms with Gasteiger partial charge in [-0.25, -0.2) is 0 Å². The molecule has 0 spiro atoms. The zero-order valence-electron chi connectivity index (χ0n) is 17.3. The summed E-state index contributed by atoms with van der Waals surface area (Å²) in [6.07, 6.45) is -3.44. The molecule has 8 heteroatoms. The molecule has 0 saturated heterocycles. The van der Waals surface area contributed by atoms with E-state index in [1.165, 1.54) is 0 Å². The Balaban J connectivity index is 4.91. The highest BCUT2D eigenvalue weighted by atomic mass is 16.3. The minimum Gasteiger partial charge on any atom is -0.396 e. The molecule has 0 fully saturated rings. The molecule has 0 aliphatic heterocycles. The number of nitrogens with zero attached hydrogens (tertiary/aromatic N) is 1. The summed E-state index contributed by atoms with van der Waals surface area (Å²) in [6.45, 7) is 8.06. The molecule has 0 aliphatic rings. The maximum atomic E-state index is 10.5. The molecule has 0 radical (unpaired) electrons. The average molecular weight is 395 g/mol. The number of hydrogen-bond acceptors (Lipinski definition) is 8. The number of rotatable bonds is 15. The standard InChI is InChI=1S/C19H42N2O6/c1-5-15(23)13(3)19(27)17(25)10-21(8-6-7-20)9-16(24)14(4)18(26)12(2)11-22/h12-19,22-27H,5-11,20H2,1-4H3/t12-,13-,14-,15-,16+,17+,18-,19+/m1/s1. The second-order valence-corrected chi connectivity index (χ2v) is 7.87. The van der Waals surface area contributed by atoms with Gasteiger partial charge in [-0.1, -0.05) is 27.7 Å². The molecule has 8 N–H and O–H groups in total. The van der Waals surface area contributed by atoms with Crippen LogP contribution in [0.2, 0.25) is 0 Å². The molecule has 0 aromatic carbocycles. The van der Waals surface area contributed by atoms with Crippen molar-refractivity contribution < 1.29 is 30.6 Å². The van der Waals surface area contributed by atoms with Gasteiger partial charge in [0.15, 0.2) is 0 Å². The predicted molar refractivity (Wildman–Crippen MR) is 105 cm³/mol. The molecule has 0 aliphatic carbocycles. The lowest BCUT2D eigenvalue weighted by Gasteiger charge is -2.34. The fourth-order valence-electron chi connectivity index (χ4n) is 3.18. The number of hydrogen-bond donors (Lipinski definition) is 7. The molecule has 164 valence electrons. The fourth-order valence-corrected chi connectivity index (χ4v) is 3.18. The topological polar surface area (TPSA) is 151 Å². The first-order valence-corrected chi connectivity index (χ1v) is 10.0. The number of aliphatic hydroxyl groups is 6. The van der Waals surface area contributed by atoms with Gasteiger partial charge >= 0.3 is 0 Å². The van der Waals surface area contributed by atoms with E-state index in [1.807, 2.05) is 11.8 Å². The van der Waals surface area contributed by atoms with Crippen molar-refractivity contribution in [1.29, 1.82) is 0 Å². The van der Waals surface area contributed by atoms with Crippen molar-refractivity contribution in [2.75, 3.05) is 32.8 Å². The molecule has 0 heterocycles. The predicted octanol–water partition coefficient (Wildman–Crippen LogP) is -1.25. The summed E-state index contributed by atoms with van der Waals surface area (Å²) in [6, 6.07) is 0. The van der Waals surface area contributed by atoms with Crippen LogP contribution in [0.5, 0.6) is 0 Å². The largest absolute Gasteiger partial charge is 0.396 e. The average Bonchev–Trinajstić information content (AvgIpc) is 2.67. The fraction of sp³-hybridized carbons (Fsp3) is 1.00. The smallest absolute Gasteiger partial charge is 0.0929 e. The maximum Gasteiger partial charge on any atom is 0.0929 e. The summed E-state index contributed by atoms with van der Waals surface area (Å²) in [4.78, 5) is 1.81. The van der Waals surface area contributed by atoms with E-state index in [-0.39, 0.29) is 25.6 Å². The highest BCUT2D eigenvalue weighted by molar-refractivity contribution is 4.83. The minimum atomic E-state index is -1.09. The van der Waals surface area contributed by atoms with Gasteiger partial charge in [0.1, 0.15) is 0 Å². The van der Waals surface area contributed by atoms with Gasteiger partial charge in [0, 0.05) is 37.5 Å². The van der Waals surface area contributed by atoms with E-state index >= 15 is 0 Å². The first kappa shape index (κ1) is 26.7. The van der Waals surface area contributed by atoms with E-state index in [4.69, 9.17) is 5.73 Å². The Morgan fingerprint density at radius 2 is 1.33 bits per heavy atom. The molecular weight excluding hydrogens is 352 g/mol. The summed E-state index contributed by atoms with van der Waals surface area (Å²) in [7, 11) is 0. The summed E-state index contributed by atoms with van der Waals surface area (Å²) < 4.78 is 0. The van der Waals surface area contributed by atoms with Crippen molar-refractivity contribution in [2.24, 2.45) is 23.5 Å². The third-order valence-electron chi connectivity index (χ3n) is 5.54. The van der Waals surface area contributed by atoms with E-state index in [9.17, 15) is 30.6 Å². The number of nitrogens with two attached hydrogens (primary N) is 1. The van der Waals surface area contributed by atoms with E-state index < -0.39 is 42.4 Å². The van der Waals surface area contributed by atoms with Gasteiger partial charge in [0.2, 0.25) is 0 Å². The lowest BCUT2D eigenvalue weighted by atomic mass is 9.89. The lowest BCUT2D eigenvalue weighted by molar-refractivity contribution is -0.0712. The van der Waals surface area contributed by atoms with Gasteiger partial charge in [0.05, 0.1) is 30.5 Å². The lowest BCUT2D eigenvalue weighted by Crippen LogP contribution is -2.48. The van der Waals surface area contributed by atoms with Gasteiger partial charge in [-0.15, -0.1) is 0 Å². The summed E-state index contributed by atoms with van der Waals surface area (Å²) >= 11 is 0. The van der Waals surface area contributed by atoms with Crippen molar-refractivity contribution >= 4 is 0 Å². The Kier molecular flexibility index (Phi) is 13.6. The van der Waals surface area contributed by atoms with Crippen LogP contribution in [-0.4, -0.2) is 98.8 Å². The summed E-state index contributed by atoms with van der Waals surface area (Å²) in [5.41, 5.74) is 5.57. The van der Waals surface area contributed by atoms with Crippen LogP contribution in [0, 0.1) is 17.8 Å². The minimum absolute atomic E-state index is 0.122. The Morgan fingerprint density at radius 3 is 1.81 bits per heavy atom. The van der Waals surface area contributed by atoms with Crippen LogP contribution in [0.25, 0.3) is 0 Å². The molecule has 8 nitrogen and oxygen atoms in total. The Bertz CT molecular complexity index is 346. The molecule has 8 atom stereocenters. The number of aliphatic hydroxyl groups excluding tert-OH is 6. The SMILES string of the molecule is CC[C@@H](O)[C@@H](C)[C@H](O)[C@@H](O)CN(CCCN)C[C@H](O)[C@@H](C)[C@H](O)[C@H](C)CO. The van der Waals surface area contributed by atoms with Crippen molar-refractivity contribution in [3.05, 3.63) is 0 Å². The van der Waals surface area contributed by atoms with Gasteiger partial charge in [-0.2, -0.15) is 0 Å². The van der Waals surface area contributed by atoms with Crippen LogP contribution >= 0.6 is 0 Å². The Morgan fingerprint density at radius 1 is 0.815 bits per heavy atom. The van der Waals surface area contributed by atoms with E-state index in [1.54, 1.807) is 20.8 Å². The first-order chi connectivity index (χ1) is 12.6. The highest BCUT2D eigenvalue weighted by Crippen LogP contribution is 2.19. The van der Waals surface area contributed by atoms with Crippen LogP contribution in [-0.2, 0) is 0 Å². The van der Waals surface area contributed by atoms with Gasteiger partial charge in [-0.3, -0.25) is 4.90 Å². The van der Waals surface area contributed by atoms with Crippen LogP contribution in [0.15, 0.2) is 0 Å². The van der Waals surface area contributed by atoms with Crippen LogP contribution in [0.1, 0.15) is 40.5 Å². The van der Waals surface area contributed by atoms with E-state index in [0.717, 1.165) is 0 Å². The zero-order valence-corrected chi connectivity index (χ0v) is 17.3. The normalized spacial score (nSPS) is 21.3. The van der Waals surface area contributed by atoms with Gasteiger partial charge in [-0.05, 0) is 25.9 Å². The molecule has 0 saturated carbocycles. The van der Waals surface area contributed by atoms with Crippen LogP contribution in [0.3, 0.4) is 0 Å². The molecule has 0 rings (SSSR count). The summed E-state index contributed by atoms with van der Waals surface area (Å²) in [5, 5.41) is 60.5.